The van der Waals surface area contributed by atoms with Crippen molar-refractivity contribution in [1.82, 2.24) is 4.98 Å². The average Bonchev–Trinajstić information content (AvgIpc) is 2.21. The molecule has 0 aliphatic rings. The molecule has 0 N–H and O–H groups in total. The molecule has 12 heavy (non-hydrogen) atoms. The molecule has 57 valence electrons. The third-order valence-corrected chi connectivity index (χ3v) is 1.73. The molecule has 0 amide bonds. The van der Waals surface area contributed by atoms with Gasteiger partial charge < -0.3 is 0 Å². The Morgan fingerprint density at radius 1 is 0.833 bits per heavy atom. The Balaban J connectivity index is 2.46. The summed E-state index contributed by atoms with van der Waals surface area (Å²) in [5.41, 5.74) is 2.40. The first kappa shape index (κ1) is 7.04. The predicted molar refractivity (Wildman–Crippen MR) is 48.5 cm³/mol. The third-order valence-electron chi connectivity index (χ3n) is 1.73. The van der Waals surface area contributed by atoms with Crippen molar-refractivity contribution in [3.63, 3.8) is 0 Å². The van der Waals surface area contributed by atoms with Gasteiger partial charge in [0.1, 0.15) is 0 Å². The number of aromatic nitrogens is 1. The monoisotopic (exact) mass is 154 g/mol. The maximum atomic E-state index is 3.96. The van der Waals surface area contributed by atoms with Gasteiger partial charge in [-0.2, -0.15) is 0 Å². The van der Waals surface area contributed by atoms with Gasteiger partial charge >= 0.3 is 0 Å². The second kappa shape index (κ2) is 3.18. The van der Waals surface area contributed by atoms with Gasteiger partial charge in [0.05, 0.1) is 0 Å². The van der Waals surface area contributed by atoms with Gasteiger partial charge in [0.25, 0.3) is 0 Å². The molecule has 0 aliphatic heterocycles. The number of nitrogens with zero attached hydrogens (tertiary/aromatic N) is 1. The van der Waals surface area contributed by atoms with E-state index in [0.29, 0.717) is 0 Å². The van der Waals surface area contributed by atoms with Crippen LogP contribution in [0.15, 0.2) is 48.8 Å². The summed E-state index contributed by atoms with van der Waals surface area (Å²) in [7, 11) is 0. The molecule has 0 saturated heterocycles. The fraction of sp³-hybridized carbons (Fsp3) is 0. The van der Waals surface area contributed by atoms with E-state index in [-0.39, 0.29) is 0 Å². The summed E-state index contributed by atoms with van der Waals surface area (Å²) in [6.07, 6.45) is 3.60. The van der Waals surface area contributed by atoms with E-state index in [1.165, 1.54) is 11.1 Å². The standard InChI is InChI=1S/C11H8N/c1-2-4-10(5-3-1)11-6-8-12-9-7-11/h2-9H. The van der Waals surface area contributed by atoms with E-state index in [4.69, 9.17) is 0 Å². The fourth-order valence-electron chi connectivity index (χ4n) is 1.12. The predicted octanol–water partition coefficient (Wildman–Crippen LogP) is 2.55. The highest BCUT2D eigenvalue weighted by molar-refractivity contribution is 5.62. The molecule has 0 fully saturated rings. The molecule has 1 nitrogen and oxygen atoms in total. The number of hydrogen-bond donors (Lipinski definition) is 0. The van der Waals surface area contributed by atoms with Crippen molar-refractivity contribution in [2.75, 3.05) is 0 Å². The minimum absolute atomic E-state index is 1.19. The van der Waals surface area contributed by atoms with Gasteiger partial charge in [0.2, 0.25) is 0 Å². The highest BCUT2D eigenvalue weighted by Crippen LogP contribution is 2.16. The molecule has 2 rings (SSSR count). The summed E-state index contributed by atoms with van der Waals surface area (Å²) in [6, 6.07) is 14.9. The first-order chi connectivity index (χ1) is 5.97. The molecule has 0 unspecified atom stereocenters. The Kier molecular flexibility index (Phi) is 1.87. The molecule has 0 spiro atoms. The molecule has 1 heteroatoms. The summed E-state index contributed by atoms with van der Waals surface area (Å²) in [5, 5.41) is 0. The summed E-state index contributed by atoms with van der Waals surface area (Å²) in [5.74, 6) is 0. The minimum Gasteiger partial charge on any atom is -0.265 e. The van der Waals surface area contributed by atoms with Crippen LogP contribution in [0.25, 0.3) is 11.1 Å². The Hall–Kier alpha value is -1.63. The van der Waals surface area contributed by atoms with E-state index in [1.807, 2.05) is 36.4 Å². The van der Waals surface area contributed by atoms with E-state index in [1.54, 1.807) is 12.4 Å². The van der Waals surface area contributed by atoms with Crippen molar-refractivity contribution in [2.24, 2.45) is 0 Å². The van der Waals surface area contributed by atoms with E-state index >= 15 is 0 Å². The van der Waals surface area contributed by atoms with Crippen LogP contribution < -0.4 is 0 Å². The van der Waals surface area contributed by atoms with Crippen LogP contribution in [0.1, 0.15) is 0 Å². The summed E-state index contributed by atoms with van der Waals surface area (Å²) in [4.78, 5) is 3.96. The summed E-state index contributed by atoms with van der Waals surface area (Å²) < 4.78 is 0. The van der Waals surface area contributed by atoms with Crippen LogP contribution in [0.5, 0.6) is 0 Å². The van der Waals surface area contributed by atoms with Gasteiger partial charge in [-0.05, 0) is 29.3 Å². The van der Waals surface area contributed by atoms with Crippen LogP contribution in [0.2, 0.25) is 0 Å². The van der Waals surface area contributed by atoms with Crippen molar-refractivity contribution >= 4 is 0 Å². The van der Waals surface area contributed by atoms with Gasteiger partial charge in [-0.3, -0.25) is 4.98 Å². The zero-order valence-corrected chi connectivity index (χ0v) is 6.57. The molecule has 1 radical (unpaired) electrons. The van der Waals surface area contributed by atoms with Crippen molar-refractivity contribution in [2.45, 2.75) is 0 Å². The lowest BCUT2D eigenvalue weighted by atomic mass is 10.1. The summed E-state index contributed by atoms with van der Waals surface area (Å²) in [6.45, 7) is 0. The Bertz CT molecular complexity index is 302. The molecule has 0 atom stereocenters. The number of rotatable bonds is 1. The largest absolute Gasteiger partial charge is 0.265 e. The SMILES string of the molecule is [c]1ccc(-c2ccncc2)cc1. The van der Waals surface area contributed by atoms with Crippen LogP contribution in [-0.4, -0.2) is 4.98 Å². The molecule has 0 bridgehead atoms. The van der Waals surface area contributed by atoms with Crippen LogP contribution >= 0.6 is 0 Å². The second-order valence-corrected chi connectivity index (χ2v) is 2.52. The van der Waals surface area contributed by atoms with Crippen LogP contribution in [0.4, 0.5) is 0 Å². The second-order valence-electron chi connectivity index (χ2n) is 2.52. The molecular formula is C11H8N. The van der Waals surface area contributed by atoms with E-state index in [2.05, 4.69) is 11.1 Å². The van der Waals surface area contributed by atoms with E-state index in [0.717, 1.165) is 0 Å². The fourth-order valence-corrected chi connectivity index (χ4v) is 1.12. The van der Waals surface area contributed by atoms with Crippen LogP contribution in [0, 0.1) is 6.07 Å². The zero-order chi connectivity index (χ0) is 8.23. The van der Waals surface area contributed by atoms with Gasteiger partial charge in [-0.15, -0.1) is 0 Å². The lowest BCUT2D eigenvalue weighted by Crippen LogP contribution is -1.76. The number of pyridine rings is 1. The van der Waals surface area contributed by atoms with Gasteiger partial charge in [-0.1, -0.05) is 24.3 Å². The maximum absolute atomic E-state index is 3.96. The van der Waals surface area contributed by atoms with Crippen molar-refractivity contribution in [3.8, 4) is 11.1 Å². The molecule has 2 aromatic rings. The van der Waals surface area contributed by atoms with Gasteiger partial charge in [-0.25, -0.2) is 0 Å². The minimum atomic E-state index is 1.19. The smallest absolute Gasteiger partial charge is 0.0273 e. The lowest BCUT2D eigenvalue weighted by Gasteiger charge is -1.97. The lowest BCUT2D eigenvalue weighted by molar-refractivity contribution is 1.33. The third kappa shape index (κ3) is 1.35. The number of benzene rings is 1. The highest BCUT2D eigenvalue weighted by atomic mass is 14.6. The number of hydrogen-bond acceptors (Lipinski definition) is 1. The normalized spacial score (nSPS) is 9.67. The first-order valence-corrected chi connectivity index (χ1v) is 3.83. The Morgan fingerprint density at radius 2 is 1.42 bits per heavy atom. The highest BCUT2D eigenvalue weighted by Gasteiger charge is 1.92. The molecule has 0 aliphatic carbocycles. The van der Waals surface area contributed by atoms with E-state index in [9.17, 15) is 0 Å². The van der Waals surface area contributed by atoms with Crippen molar-refractivity contribution in [3.05, 3.63) is 54.9 Å². The molecular weight excluding hydrogens is 146 g/mol. The molecule has 1 aromatic carbocycles. The van der Waals surface area contributed by atoms with Crippen molar-refractivity contribution < 1.29 is 0 Å². The van der Waals surface area contributed by atoms with Crippen LogP contribution in [0.3, 0.4) is 0 Å². The quantitative estimate of drug-likeness (QED) is 0.615. The van der Waals surface area contributed by atoms with Gasteiger partial charge in [0, 0.05) is 12.4 Å². The molecule has 0 saturated carbocycles. The van der Waals surface area contributed by atoms with Gasteiger partial charge in [0.15, 0.2) is 0 Å². The van der Waals surface area contributed by atoms with E-state index < -0.39 is 0 Å². The van der Waals surface area contributed by atoms with Crippen molar-refractivity contribution in [1.29, 1.82) is 0 Å². The summed E-state index contributed by atoms with van der Waals surface area (Å²) >= 11 is 0. The average molecular weight is 154 g/mol. The zero-order valence-electron chi connectivity index (χ0n) is 6.57. The maximum Gasteiger partial charge on any atom is 0.0273 e. The molecule has 1 aromatic heterocycles. The Morgan fingerprint density at radius 3 is 2.08 bits per heavy atom. The Labute approximate surface area is 71.7 Å². The first-order valence-electron chi connectivity index (χ1n) is 3.83. The topological polar surface area (TPSA) is 12.9 Å². The molecule has 1 heterocycles. The van der Waals surface area contributed by atoms with Crippen LogP contribution in [-0.2, 0) is 0 Å².